The van der Waals surface area contributed by atoms with Gasteiger partial charge in [-0.1, -0.05) is 23.7 Å². The zero-order valence-corrected chi connectivity index (χ0v) is 21.1. The summed E-state index contributed by atoms with van der Waals surface area (Å²) in [4.78, 5) is 24.7. The summed E-state index contributed by atoms with van der Waals surface area (Å²) in [6.07, 6.45) is 5.93. The van der Waals surface area contributed by atoms with Gasteiger partial charge in [0.05, 0.1) is 5.39 Å². The van der Waals surface area contributed by atoms with Crippen LogP contribution in [0.25, 0.3) is 33.3 Å². The number of carbonyl (C=O) groups excluding carboxylic acids is 1. The van der Waals surface area contributed by atoms with Gasteiger partial charge in [-0.25, -0.2) is 9.97 Å². The molecule has 6 rings (SSSR count). The van der Waals surface area contributed by atoms with Gasteiger partial charge in [-0.2, -0.15) is 4.98 Å². The fourth-order valence-corrected chi connectivity index (χ4v) is 5.45. The molecule has 0 amide bonds. The van der Waals surface area contributed by atoms with E-state index in [0.29, 0.717) is 28.0 Å². The third-order valence-electron chi connectivity index (χ3n) is 6.81. The number of benzene rings is 2. The molecule has 1 fully saturated rings. The normalized spacial score (nSPS) is 17.5. The molecule has 0 saturated heterocycles. The van der Waals surface area contributed by atoms with E-state index < -0.39 is 0 Å². The second-order valence-corrected chi connectivity index (χ2v) is 9.83. The summed E-state index contributed by atoms with van der Waals surface area (Å²) < 4.78 is 13.5. The number of esters is 1. The van der Waals surface area contributed by atoms with Crippen LogP contribution in [0.4, 0.5) is 17.5 Å². The molecule has 3 aromatic heterocycles. The molecule has 3 N–H and O–H groups in total. The predicted octanol–water partition coefficient (Wildman–Crippen LogP) is 6.18. The van der Waals surface area contributed by atoms with Crippen molar-refractivity contribution in [2.45, 2.75) is 45.3 Å². The van der Waals surface area contributed by atoms with Crippen LogP contribution in [0.1, 0.15) is 37.8 Å². The number of nitrogens with two attached hydrogens (primary N) is 1. The number of oxazole rings is 1. The number of nitrogens with one attached hydrogen (secondary N) is 1. The molecule has 3 heterocycles. The molecule has 2 unspecified atom stereocenters. The number of halogens is 1. The molecule has 1 aliphatic carbocycles. The van der Waals surface area contributed by atoms with Crippen molar-refractivity contribution >= 4 is 57.2 Å². The third-order valence-corrected chi connectivity index (χ3v) is 7.03. The summed E-state index contributed by atoms with van der Waals surface area (Å²) in [7, 11) is 0. The number of anilines is 3. The van der Waals surface area contributed by atoms with Crippen molar-refractivity contribution in [3.8, 4) is 11.1 Å². The lowest BCUT2D eigenvalue weighted by molar-refractivity contribution is -0.146. The molecule has 0 aliphatic heterocycles. The van der Waals surface area contributed by atoms with Crippen molar-refractivity contribution in [3.05, 3.63) is 59.5 Å². The first-order valence-electron chi connectivity index (χ1n) is 12.1. The van der Waals surface area contributed by atoms with E-state index in [4.69, 9.17) is 26.5 Å². The van der Waals surface area contributed by atoms with Crippen LogP contribution in [0.5, 0.6) is 0 Å². The van der Waals surface area contributed by atoms with E-state index in [9.17, 15) is 4.79 Å². The molecule has 0 radical (unpaired) electrons. The zero-order chi connectivity index (χ0) is 25.7. The van der Waals surface area contributed by atoms with Crippen LogP contribution in [0, 0.1) is 6.92 Å². The molecule has 5 aromatic rings. The Morgan fingerprint density at radius 2 is 2.03 bits per heavy atom. The quantitative estimate of drug-likeness (QED) is 0.265. The summed E-state index contributed by atoms with van der Waals surface area (Å²) in [5.74, 6) is 0.178. The minimum absolute atomic E-state index is 0.0837. The summed E-state index contributed by atoms with van der Waals surface area (Å²) in [6, 6.07) is 12.1. The maximum absolute atomic E-state index is 11.4. The Morgan fingerprint density at radius 3 is 2.81 bits per heavy atom. The monoisotopic (exact) mass is 516 g/mol. The molecule has 188 valence electrons. The van der Waals surface area contributed by atoms with Gasteiger partial charge in [0, 0.05) is 41.9 Å². The van der Waals surface area contributed by atoms with Crippen molar-refractivity contribution in [1.29, 1.82) is 0 Å². The number of nitrogens with zero attached hydrogens (tertiary/aromatic N) is 4. The summed E-state index contributed by atoms with van der Waals surface area (Å²) in [5.41, 5.74) is 12.2. The minimum atomic E-state index is -0.249. The summed E-state index contributed by atoms with van der Waals surface area (Å²) >= 11 is 6.15. The van der Waals surface area contributed by atoms with Gasteiger partial charge in [0.2, 0.25) is 0 Å². The summed E-state index contributed by atoms with van der Waals surface area (Å²) in [5, 5.41) is 4.65. The van der Waals surface area contributed by atoms with Gasteiger partial charge in [0.25, 0.3) is 6.01 Å². The van der Waals surface area contributed by atoms with Gasteiger partial charge in [-0.3, -0.25) is 4.79 Å². The number of ether oxygens (including phenoxy) is 1. The lowest BCUT2D eigenvalue weighted by Crippen LogP contribution is -2.13. The number of hydrogen-bond donors (Lipinski definition) is 2. The molecule has 10 heteroatoms. The number of aryl methyl sites for hydroxylation is 1. The fraction of sp³-hybridized carbons (Fsp3) is 0.259. The topological polar surface area (TPSA) is 121 Å². The molecule has 0 bridgehead atoms. The predicted molar refractivity (Wildman–Crippen MR) is 143 cm³/mol. The standard InChI is InChI=1S/C27H25ClN6O3/c1-14-9-17(28)10-22-24(14)37-27(33-22)32-18-5-3-16(4-6-18)21-12-34(26-23(21)25(29)30-13-31-26)19-7-8-20(11-19)36-15(2)35/h3-6,9-10,12-13,19-20H,7-8,11H2,1-2H3,(H,32,33)(H2,29,30,31). The molecular formula is C27H25ClN6O3. The van der Waals surface area contributed by atoms with Crippen LogP contribution in [0.3, 0.4) is 0 Å². The maximum Gasteiger partial charge on any atom is 0.302 e. The Bertz CT molecular complexity index is 1640. The highest BCUT2D eigenvalue weighted by Gasteiger charge is 2.30. The van der Waals surface area contributed by atoms with E-state index in [-0.39, 0.29) is 18.1 Å². The average Bonchev–Trinajstić information content (AvgIpc) is 3.57. The molecule has 1 aliphatic rings. The Morgan fingerprint density at radius 1 is 1.22 bits per heavy atom. The first-order chi connectivity index (χ1) is 17.9. The van der Waals surface area contributed by atoms with E-state index >= 15 is 0 Å². The number of aromatic nitrogens is 4. The van der Waals surface area contributed by atoms with Gasteiger partial charge in [-0.05, 0) is 55.2 Å². The van der Waals surface area contributed by atoms with Crippen molar-refractivity contribution in [2.75, 3.05) is 11.1 Å². The zero-order valence-electron chi connectivity index (χ0n) is 20.4. The van der Waals surface area contributed by atoms with Crippen molar-refractivity contribution in [1.82, 2.24) is 19.5 Å². The van der Waals surface area contributed by atoms with E-state index in [1.54, 1.807) is 6.07 Å². The first kappa shape index (κ1) is 23.3. The largest absolute Gasteiger partial charge is 0.462 e. The second-order valence-electron chi connectivity index (χ2n) is 9.40. The van der Waals surface area contributed by atoms with Crippen LogP contribution in [-0.4, -0.2) is 31.6 Å². The Labute approximate surface area is 217 Å². The molecule has 37 heavy (non-hydrogen) atoms. The van der Waals surface area contributed by atoms with Crippen LogP contribution < -0.4 is 11.1 Å². The van der Waals surface area contributed by atoms with Gasteiger partial charge in [-0.15, -0.1) is 0 Å². The van der Waals surface area contributed by atoms with E-state index in [1.807, 2.05) is 37.3 Å². The fourth-order valence-electron chi connectivity index (χ4n) is 5.18. The van der Waals surface area contributed by atoms with Crippen molar-refractivity contribution in [3.63, 3.8) is 0 Å². The maximum atomic E-state index is 11.4. The lowest BCUT2D eigenvalue weighted by atomic mass is 10.1. The number of nitrogen functional groups attached to an aromatic ring is 1. The van der Waals surface area contributed by atoms with Gasteiger partial charge in [0.15, 0.2) is 5.58 Å². The van der Waals surface area contributed by atoms with E-state index in [1.165, 1.54) is 13.3 Å². The first-order valence-corrected chi connectivity index (χ1v) is 12.5. The van der Waals surface area contributed by atoms with Crippen LogP contribution in [0.2, 0.25) is 5.02 Å². The van der Waals surface area contributed by atoms with Gasteiger partial charge in [0.1, 0.15) is 29.4 Å². The lowest BCUT2D eigenvalue weighted by Gasteiger charge is -2.14. The molecule has 2 aromatic carbocycles. The van der Waals surface area contributed by atoms with E-state index in [2.05, 4.69) is 31.0 Å². The molecule has 2 atom stereocenters. The highest BCUT2D eigenvalue weighted by atomic mass is 35.5. The van der Waals surface area contributed by atoms with Crippen LogP contribution in [-0.2, 0) is 9.53 Å². The van der Waals surface area contributed by atoms with Gasteiger partial charge < -0.3 is 24.8 Å². The van der Waals surface area contributed by atoms with Crippen LogP contribution in [0.15, 0.2) is 53.3 Å². The number of hydrogen-bond acceptors (Lipinski definition) is 8. The van der Waals surface area contributed by atoms with E-state index in [0.717, 1.165) is 52.7 Å². The Kier molecular flexibility index (Phi) is 5.72. The molecule has 0 spiro atoms. The smallest absolute Gasteiger partial charge is 0.302 e. The van der Waals surface area contributed by atoms with Crippen LogP contribution >= 0.6 is 11.6 Å². The summed E-state index contributed by atoms with van der Waals surface area (Å²) in [6.45, 7) is 3.38. The number of carbonyl (C=O) groups is 1. The SMILES string of the molecule is CC(=O)OC1CCC(n2cc(-c3ccc(Nc4nc5cc(Cl)cc(C)c5o4)cc3)c3c(N)ncnc32)C1. The highest BCUT2D eigenvalue weighted by molar-refractivity contribution is 6.31. The van der Waals surface area contributed by atoms with Gasteiger partial charge >= 0.3 is 5.97 Å². The number of fused-ring (bicyclic) bond motifs is 2. The second kappa shape index (κ2) is 9.08. The molecule has 1 saturated carbocycles. The van der Waals surface area contributed by atoms with Crippen molar-refractivity contribution < 1.29 is 13.9 Å². The van der Waals surface area contributed by atoms with Crippen molar-refractivity contribution in [2.24, 2.45) is 0 Å². The Balaban J connectivity index is 1.30. The molecule has 9 nitrogen and oxygen atoms in total. The molecular weight excluding hydrogens is 492 g/mol. The Hall–Kier alpha value is -4.11. The average molecular weight is 517 g/mol. The minimum Gasteiger partial charge on any atom is -0.462 e. The number of rotatable bonds is 5. The highest BCUT2D eigenvalue weighted by Crippen LogP contribution is 2.40. The third kappa shape index (κ3) is 4.35.